The van der Waals surface area contributed by atoms with Crippen LogP contribution in [0.1, 0.15) is 28.8 Å². The Balaban J connectivity index is 2.21. The van der Waals surface area contributed by atoms with E-state index in [-0.39, 0.29) is 6.42 Å². The molecular weight excluding hydrogens is 214 g/mol. The van der Waals surface area contributed by atoms with Gasteiger partial charge in [0, 0.05) is 16.6 Å². The number of aryl methyl sites for hydroxylation is 3. The first-order valence-corrected chi connectivity index (χ1v) is 6.00. The number of carboxylic acids is 1. The molecule has 0 bridgehead atoms. The van der Waals surface area contributed by atoms with Gasteiger partial charge in [0.25, 0.3) is 0 Å². The van der Waals surface area contributed by atoms with E-state index in [1.165, 1.54) is 17.5 Å². The van der Waals surface area contributed by atoms with Gasteiger partial charge in [0.1, 0.15) is 0 Å². The van der Waals surface area contributed by atoms with Gasteiger partial charge < -0.3 is 10.1 Å². The topological polar surface area (TPSA) is 53.1 Å². The van der Waals surface area contributed by atoms with Crippen LogP contribution >= 0.6 is 0 Å². The molecule has 0 fully saturated rings. The predicted molar refractivity (Wildman–Crippen MR) is 66.4 cm³/mol. The van der Waals surface area contributed by atoms with Crippen LogP contribution in [0.15, 0.2) is 12.1 Å². The van der Waals surface area contributed by atoms with Crippen molar-refractivity contribution >= 4 is 16.9 Å². The minimum atomic E-state index is -0.769. The van der Waals surface area contributed by atoms with Crippen LogP contribution in [0.4, 0.5) is 0 Å². The summed E-state index contributed by atoms with van der Waals surface area (Å²) in [5.41, 5.74) is 5.80. The van der Waals surface area contributed by atoms with E-state index in [1.54, 1.807) is 0 Å². The van der Waals surface area contributed by atoms with Gasteiger partial charge in [-0.3, -0.25) is 4.79 Å². The Hall–Kier alpha value is -1.77. The van der Waals surface area contributed by atoms with Crippen molar-refractivity contribution in [2.75, 3.05) is 0 Å². The van der Waals surface area contributed by atoms with Gasteiger partial charge in [-0.15, -0.1) is 0 Å². The minimum Gasteiger partial charge on any atom is -0.481 e. The van der Waals surface area contributed by atoms with Crippen LogP contribution < -0.4 is 0 Å². The summed E-state index contributed by atoms with van der Waals surface area (Å²) in [6.45, 7) is 1.95. The normalized spacial score (nSPS) is 14.2. The van der Waals surface area contributed by atoms with Crippen LogP contribution in [-0.4, -0.2) is 16.1 Å². The molecule has 0 saturated carbocycles. The maximum absolute atomic E-state index is 10.9. The van der Waals surface area contributed by atoms with Gasteiger partial charge in [-0.05, 0) is 55.0 Å². The summed E-state index contributed by atoms with van der Waals surface area (Å²) in [7, 11) is 0. The summed E-state index contributed by atoms with van der Waals surface area (Å²) in [5.74, 6) is -0.769. The van der Waals surface area contributed by atoms with Crippen molar-refractivity contribution in [1.29, 1.82) is 0 Å². The molecule has 1 aromatic carbocycles. The summed E-state index contributed by atoms with van der Waals surface area (Å²) < 4.78 is 0. The lowest BCUT2D eigenvalue weighted by Crippen LogP contribution is -2.00. The van der Waals surface area contributed by atoms with Crippen molar-refractivity contribution in [2.45, 2.75) is 32.6 Å². The van der Waals surface area contributed by atoms with Gasteiger partial charge in [-0.2, -0.15) is 0 Å². The minimum absolute atomic E-state index is 0.102. The molecule has 0 radical (unpaired) electrons. The third-order valence-electron chi connectivity index (χ3n) is 3.66. The summed E-state index contributed by atoms with van der Waals surface area (Å²) in [6.07, 6.45) is 3.60. The van der Waals surface area contributed by atoms with E-state index in [2.05, 4.69) is 17.1 Å². The zero-order valence-corrected chi connectivity index (χ0v) is 9.84. The molecule has 88 valence electrons. The molecule has 2 N–H and O–H groups in total. The van der Waals surface area contributed by atoms with Gasteiger partial charge in [0.15, 0.2) is 0 Å². The second kappa shape index (κ2) is 3.62. The lowest BCUT2D eigenvalue weighted by Gasteiger charge is -2.01. The Morgan fingerprint density at radius 2 is 2.06 bits per heavy atom. The number of aliphatic carboxylic acids is 1. The van der Waals surface area contributed by atoms with Gasteiger partial charge in [0.2, 0.25) is 0 Å². The monoisotopic (exact) mass is 229 g/mol. The van der Waals surface area contributed by atoms with Crippen molar-refractivity contribution < 1.29 is 9.90 Å². The van der Waals surface area contributed by atoms with E-state index in [0.29, 0.717) is 0 Å². The maximum Gasteiger partial charge on any atom is 0.307 e. The molecule has 0 atom stereocenters. The number of fused-ring (bicyclic) bond motifs is 2. The first-order valence-electron chi connectivity index (χ1n) is 6.00. The van der Waals surface area contributed by atoms with Crippen LogP contribution in [0.2, 0.25) is 0 Å². The molecule has 0 aliphatic heterocycles. The number of H-pyrrole nitrogens is 1. The molecule has 1 heterocycles. The van der Waals surface area contributed by atoms with Crippen molar-refractivity contribution in [1.82, 2.24) is 4.98 Å². The SMILES string of the molecule is Cc1[nH]c2cc3c(cc2c1CC(=O)O)CCC3. The van der Waals surface area contributed by atoms with Crippen molar-refractivity contribution in [3.8, 4) is 0 Å². The summed E-state index contributed by atoms with van der Waals surface area (Å²) >= 11 is 0. The van der Waals surface area contributed by atoms with Crippen LogP contribution in [0.25, 0.3) is 10.9 Å². The fourth-order valence-electron chi connectivity index (χ4n) is 2.84. The molecule has 1 aliphatic rings. The van der Waals surface area contributed by atoms with Crippen molar-refractivity contribution in [3.05, 3.63) is 34.5 Å². The van der Waals surface area contributed by atoms with Gasteiger partial charge in [0.05, 0.1) is 6.42 Å². The van der Waals surface area contributed by atoms with Crippen LogP contribution in [0.5, 0.6) is 0 Å². The number of nitrogens with one attached hydrogen (secondary N) is 1. The van der Waals surface area contributed by atoms with E-state index in [1.807, 2.05) is 6.92 Å². The van der Waals surface area contributed by atoms with E-state index >= 15 is 0 Å². The molecule has 1 aliphatic carbocycles. The Labute approximate surface area is 99.5 Å². The van der Waals surface area contributed by atoms with E-state index in [0.717, 1.165) is 35.0 Å². The number of aromatic nitrogens is 1. The average molecular weight is 229 g/mol. The third-order valence-corrected chi connectivity index (χ3v) is 3.66. The number of hydrogen-bond donors (Lipinski definition) is 2. The Morgan fingerprint density at radius 1 is 1.35 bits per heavy atom. The van der Waals surface area contributed by atoms with E-state index < -0.39 is 5.97 Å². The number of benzene rings is 1. The first-order chi connectivity index (χ1) is 8.15. The lowest BCUT2D eigenvalue weighted by atomic mass is 10.0. The highest BCUT2D eigenvalue weighted by atomic mass is 16.4. The molecule has 1 aromatic heterocycles. The van der Waals surface area contributed by atoms with Crippen LogP contribution in [-0.2, 0) is 24.1 Å². The Kier molecular flexibility index (Phi) is 2.21. The molecule has 17 heavy (non-hydrogen) atoms. The highest BCUT2D eigenvalue weighted by Gasteiger charge is 2.16. The van der Waals surface area contributed by atoms with Crippen molar-refractivity contribution in [2.24, 2.45) is 0 Å². The summed E-state index contributed by atoms with van der Waals surface area (Å²) in [4.78, 5) is 14.2. The summed E-state index contributed by atoms with van der Waals surface area (Å²) in [5, 5.41) is 10.0. The second-order valence-corrected chi connectivity index (χ2v) is 4.82. The zero-order valence-electron chi connectivity index (χ0n) is 9.84. The highest BCUT2D eigenvalue weighted by molar-refractivity contribution is 5.89. The standard InChI is InChI=1S/C14H15NO2/c1-8-11(7-14(16)17)12-5-9-3-2-4-10(9)6-13(12)15-8/h5-6,15H,2-4,7H2,1H3,(H,16,17). The second-order valence-electron chi connectivity index (χ2n) is 4.82. The summed E-state index contributed by atoms with van der Waals surface area (Å²) in [6, 6.07) is 4.37. The fraction of sp³-hybridized carbons (Fsp3) is 0.357. The molecular formula is C14H15NO2. The van der Waals surface area contributed by atoms with Crippen LogP contribution in [0, 0.1) is 6.92 Å². The molecule has 0 unspecified atom stereocenters. The van der Waals surface area contributed by atoms with Gasteiger partial charge in [-0.25, -0.2) is 0 Å². The number of carboxylic acid groups (broad SMARTS) is 1. The molecule has 2 aromatic rings. The average Bonchev–Trinajstić information content (AvgIpc) is 2.81. The molecule has 3 nitrogen and oxygen atoms in total. The molecule has 0 saturated heterocycles. The first kappa shape index (κ1) is 10.4. The highest BCUT2D eigenvalue weighted by Crippen LogP contribution is 2.30. The maximum atomic E-state index is 10.9. The third kappa shape index (κ3) is 1.62. The zero-order chi connectivity index (χ0) is 12.0. The number of hydrogen-bond acceptors (Lipinski definition) is 1. The smallest absolute Gasteiger partial charge is 0.307 e. The van der Waals surface area contributed by atoms with E-state index in [9.17, 15) is 4.79 Å². The largest absolute Gasteiger partial charge is 0.481 e. The number of rotatable bonds is 2. The molecule has 0 spiro atoms. The number of carbonyl (C=O) groups is 1. The van der Waals surface area contributed by atoms with Gasteiger partial charge >= 0.3 is 5.97 Å². The van der Waals surface area contributed by atoms with Crippen molar-refractivity contribution in [3.63, 3.8) is 0 Å². The number of aromatic amines is 1. The Bertz CT molecular complexity index is 610. The Morgan fingerprint density at radius 3 is 2.76 bits per heavy atom. The molecule has 0 amide bonds. The molecule has 3 heteroatoms. The predicted octanol–water partition coefficient (Wildman–Crippen LogP) is 2.59. The fourth-order valence-corrected chi connectivity index (χ4v) is 2.84. The molecule has 3 rings (SSSR count). The lowest BCUT2D eigenvalue weighted by molar-refractivity contribution is -0.136. The van der Waals surface area contributed by atoms with E-state index in [4.69, 9.17) is 5.11 Å². The van der Waals surface area contributed by atoms with Crippen LogP contribution in [0.3, 0.4) is 0 Å². The quantitative estimate of drug-likeness (QED) is 0.831. The van der Waals surface area contributed by atoms with Gasteiger partial charge in [-0.1, -0.05) is 0 Å².